The minimum atomic E-state index is -0.223. The molecule has 2 aromatic carbocycles. The van der Waals surface area contributed by atoms with Crippen LogP contribution in [0.25, 0.3) is 16.7 Å². The number of phenolic OH excluding ortho intramolecular Hbond substituents is 1. The number of rotatable bonds is 4. The van der Waals surface area contributed by atoms with E-state index < -0.39 is 0 Å². The van der Waals surface area contributed by atoms with E-state index in [1.807, 2.05) is 44.2 Å². The highest BCUT2D eigenvalue weighted by atomic mass is 32.1. The van der Waals surface area contributed by atoms with Crippen LogP contribution in [-0.4, -0.2) is 31.8 Å². The van der Waals surface area contributed by atoms with Gasteiger partial charge in [0.05, 0.1) is 0 Å². The Hall–Kier alpha value is -2.05. The van der Waals surface area contributed by atoms with Gasteiger partial charge >= 0.3 is 0 Å². The Morgan fingerprint density at radius 3 is 2.33 bits per heavy atom. The first-order chi connectivity index (χ1) is 12.8. The number of aromatic nitrogens is 3. The average molecular weight is 388 g/mol. The second-order valence-electron chi connectivity index (χ2n) is 7.25. The summed E-state index contributed by atoms with van der Waals surface area (Å²) in [5, 5.41) is 29.0. The molecule has 6 heteroatoms. The fourth-order valence-corrected chi connectivity index (χ4v) is 3.04. The van der Waals surface area contributed by atoms with E-state index in [0.29, 0.717) is 12.1 Å². The van der Waals surface area contributed by atoms with Crippen LogP contribution in [-0.2, 0) is 11.8 Å². The Bertz CT molecular complexity index is 914. The molecular formula is C21H29N3O2S. The van der Waals surface area contributed by atoms with Crippen molar-refractivity contribution in [2.45, 2.75) is 57.8 Å². The smallest absolute Gasteiger partial charge is 0.146 e. The SMILES string of the molecule is CC.CC(C)(C)c1cc(CCCO)cc(-n2nc3ccc(S)cc3n2)c1O. The monoisotopic (exact) mass is 387 g/mol. The molecule has 0 fully saturated rings. The minimum absolute atomic E-state index is 0.135. The molecule has 2 N–H and O–H groups in total. The number of aryl methyl sites for hydroxylation is 1. The van der Waals surface area contributed by atoms with Crippen molar-refractivity contribution < 1.29 is 10.2 Å². The molecule has 3 aromatic rings. The molecule has 0 spiro atoms. The fraction of sp³-hybridized carbons (Fsp3) is 0.429. The maximum absolute atomic E-state index is 10.8. The molecule has 146 valence electrons. The van der Waals surface area contributed by atoms with E-state index in [2.05, 4.69) is 43.6 Å². The van der Waals surface area contributed by atoms with Crippen LogP contribution in [0, 0.1) is 0 Å². The molecule has 0 atom stereocenters. The third kappa shape index (κ3) is 4.82. The number of aliphatic hydroxyl groups is 1. The highest BCUT2D eigenvalue weighted by molar-refractivity contribution is 7.80. The van der Waals surface area contributed by atoms with E-state index in [1.54, 1.807) is 0 Å². The highest BCUT2D eigenvalue weighted by Crippen LogP contribution is 2.36. The van der Waals surface area contributed by atoms with Crippen molar-refractivity contribution in [3.63, 3.8) is 0 Å². The molecule has 0 aliphatic carbocycles. The molecule has 1 aromatic heterocycles. The largest absolute Gasteiger partial charge is 0.505 e. The number of aromatic hydroxyl groups is 1. The molecule has 0 aliphatic rings. The van der Waals surface area contributed by atoms with E-state index >= 15 is 0 Å². The summed E-state index contributed by atoms with van der Waals surface area (Å²) < 4.78 is 0. The van der Waals surface area contributed by atoms with Crippen molar-refractivity contribution in [3.8, 4) is 11.4 Å². The Labute approximate surface area is 166 Å². The zero-order chi connectivity index (χ0) is 20.2. The molecule has 5 nitrogen and oxygen atoms in total. The van der Waals surface area contributed by atoms with E-state index in [-0.39, 0.29) is 17.8 Å². The first-order valence-electron chi connectivity index (χ1n) is 9.33. The standard InChI is InChI=1S/C19H23N3O2S.C2H6/c1-19(2,3)14-9-12(5-4-8-23)10-17(18(14)24)22-20-15-7-6-13(25)11-16(15)21-22;1-2/h6-7,9-11,23-25H,4-5,8H2,1-3H3;1-2H3. The van der Waals surface area contributed by atoms with Gasteiger partial charge in [0.2, 0.25) is 0 Å². The van der Waals surface area contributed by atoms with E-state index in [4.69, 9.17) is 5.11 Å². The number of hydrogen-bond acceptors (Lipinski definition) is 5. The molecule has 0 saturated carbocycles. The van der Waals surface area contributed by atoms with Gasteiger partial charge in [0.15, 0.2) is 0 Å². The van der Waals surface area contributed by atoms with E-state index in [9.17, 15) is 5.11 Å². The van der Waals surface area contributed by atoms with E-state index in [0.717, 1.165) is 33.5 Å². The van der Waals surface area contributed by atoms with Gasteiger partial charge in [-0.1, -0.05) is 40.7 Å². The van der Waals surface area contributed by atoms with Crippen LogP contribution in [0.5, 0.6) is 5.75 Å². The van der Waals surface area contributed by atoms with Crippen molar-refractivity contribution in [1.29, 1.82) is 0 Å². The maximum Gasteiger partial charge on any atom is 0.146 e. The molecule has 0 amide bonds. The van der Waals surface area contributed by atoms with Gasteiger partial charge in [0, 0.05) is 17.1 Å². The molecule has 0 unspecified atom stereocenters. The van der Waals surface area contributed by atoms with Gasteiger partial charge in [0.1, 0.15) is 22.5 Å². The molecule has 0 bridgehead atoms. The number of nitrogens with zero attached hydrogens (tertiary/aromatic N) is 3. The van der Waals surface area contributed by atoms with Crippen LogP contribution in [0.3, 0.4) is 0 Å². The lowest BCUT2D eigenvalue weighted by molar-refractivity contribution is 0.288. The summed E-state index contributed by atoms with van der Waals surface area (Å²) in [6.07, 6.45) is 1.40. The van der Waals surface area contributed by atoms with Gasteiger partial charge in [-0.15, -0.1) is 27.6 Å². The highest BCUT2D eigenvalue weighted by Gasteiger charge is 2.23. The lowest BCUT2D eigenvalue weighted by Crippen LogP contribution is -2.14. The predicted molar refractivity (Wildman–Crippen MR) is 113 cm³/mol. The van der Waals surface area contributed by atoms with Crippen molar-refractivity contribution in [3.05, 3.63) is 41.5 Å². The topological polar surface area (TPSA) is 71.2 Å². The van der Waals surface area contributed by atoms with Crippen LogP contribution < -0.4 is 0 Å². The zero-order valence-electron chi connectivity index (χ0n) is 16.7. The summed E-state index contributed by atoms with van der Waals surface area (Å²) >= 11 is 4.34. The Kier molecular flexibility index (Phi) is 6.89. The average Bonchev–Trinajstić information content (AvgIpc) is 3.04. The molecule has 0 radical (unpaired) electrons. The number of hydrogen-bond donors (Lipinski definition) is 3. The molecule has 0 aliphatic heterocycles. The normalized spacial score (nSPS) is 11.4. The van der Waals surface area contributed by atoms with Gasteiger partial charge in [0.25, 0.3) is 0 Å². The lowest BCUT2D eigenvalue weighted by Gasteiger charge is -2.23. The van der Waals surface area contributed by atoms with E-state index in [1.165, 1.54) is 4.80 Å². The molecule has 0 saturated heterocycles. The zero-order valence-corrected chi connectivity index (χ0v) is 17.6. The lowest BCUT2D eigenvalue weighted by atomic mass is 9.84. The summed E-state index contributed by atoms with van der Waals surface area (Å²) in [7, 11) is 0. The van der Waals surface area contributed by atoms with Crippen LogP contribution in [0.2, 0.25) is 0 Å². The van der Waals surface area contributed by atoms with Gasteiger partial charge in [-0.3, -0.25) is 0 Å². The molecule has 1 heterocycles. The van der Waals surface area contributed by atoms with Gasteiger partial charge in [-0.25, -0.2) is 0 Å². The first kappa shape index (κ1) is 21.3. The quantitative estimate of drug-likeness (QED) is 0.569. The van der Waals surface area contributed by atoms with Crippen LogP contribution in [0.4, 0.5) is 0 Å². The fourth-order valence-electron chi connectivity index (χ4n) is 2.84. The number of benzene rings is 2. The van der Waals surface area contributed by atoms with Crippen LogP contribution >= 0.6 is 12.6 Å². The molecular weight excluding hydrogens is 358 g/mol. The third-order valence-corrected chi connectivity index (χ3v) is 4.44. The van der Waals surface area contributed by atoms with Crippen molar-refractivity contribution in [2.75, 3.05) is 6.61 Å². The van der Waals surface area contributed by atoms with Crippen molar-refractivity contribution in [2.24, 2.45) is 0 Å². The summed E-state index contributed by atoms with van der Waals surface area (Å²) in [4.78, 5) is 2.29. The second kappa shape index (κ2) is 8.76. The Balaban J connectivity index is 0.00000126. The maximum atomic E-state index is 10.8. The second-order valence-corrected chi connectivity index (χ2v) is 7.77. The van der Waals surface area contributed by atoms with Gasteiger partial charge < -0.3 is 10.2 Å². The number of thiol groups is 1. The first-order valence-corrected chi connectivity index (χ1v) is 9.78. The summed E-state index contributed by atoms with van der Waals surface area (Å²) in [6, 6.07) is 9.46. The van der Waals surface area contributed by atoms with Gasteiger partial charge in [-0.05, 0) is 48.1 Å². The number of fused-ring (bicyclic) bond motifs is 1. The van der Waals surface area contributed by atoms with Crippen molar-refractivity contribution in [1.82, 2.24) is 15.0 Å². The minimum Gasteiger partial charge on any atom is -0.505 e. The summed E-state index contributed by atoms with van der Waals surface area (Å²) in [5.74, 6) is 0.187. The Morgan fingerprint density at radius 2 is 1.70 bits per heavy atom. The van der Waals surface area contributed by atoms with Crippen LogP contribution in [0.1, 0.15) is 52.2 Å². The van der Waals surface area contributed by atoms with Crippen LogP contribution in [0.15, 0.2) is 35.2 Å². The number of phenols is 1. The predicted octanol–water partition coefficient (Wildman–Crippen LogP) is 4.66. The Morgan fingerprint density at radius 1 is 1.04 bits per heavy atom. The summed E-state index contributed by atoms with van der Waals surface area (Å²) in [5.41, 5.74) is 3.69. The van der Waals surface area contributed by atoms with Crippen molar-refractivity contribution >= 4 is 23.7 Å². The molecule has 3 rings (SSSR count). The molecule has 27 heavy (non-hydrogen) atoms. The van der Waals surface area contributed by atoms with Gasteiger partial charge in [-0.2, -0.15) is 0 Å². The number of aliphatic hydroxyl groups excluding tert-OH is 1. The third-order valence-electron chi connectivity index (χ3n) is 4.16. The summed E-state index contributed by atoms with van der Waals surface area (Å²) in [6.45, 7) is 10.3.